The Morgan fingerprint density at radius 1 is 1.44 bits per heavy atom. The zero-order valence-electron chi connectivity index (χ0n) is 10.3. The van der Waals surface area contributed by atoms with Crippen molar-refractivity contribution in [2.45, 2.75) is 19.2 Å². The van der Waals surface area contributed by atoms with Gasteiger partial charge < -0.3 is 4.90 Å². The number of carbonyl (C=O) groups is 1. The molecule has 0 spiro atoms. The summed E-state index contributed by atoms with van der Waals surface area (Å²) in [5.41, 5.74) is 0.931. The average molecular weight is 304 g/mol. The van der Waals surface area contributed by atoms with Crippen LogP contribution < -0.4 is 0 Å². The lowest BCUT2D eigenvalue weighted by Gasteiger charge is -2.26. The molecule has 1 aliphatic rings. The van der Waals surface area contributed by atoms with E-state index in [1.807, 2.05) is 30.9 Å². The van der Waals surface area contributed by atoms with Crippen molar-refractivity contribution in [3.05, 3.63) is 33.8 Å². The number of hydrogen-bond acceptors (Lipinski definition) is 2. The van der Waals surface area contributed by atoms with Gasteiger partial charge in [0.1, 0.15) is 5.37 Å². The predicted octanol–water partition coefficient (Wildman–Crippen LogP) is 4.22. The molecule has 0 bridgehead atoms. The van der Waals surface area contributed by atoms with Crippen LogP contribution in [0.3, 0.4) is 0 Å². The normalized spacial score (nSPS) is 19.6. The SMILES string of the molecule is CC(C)C(=O)N1CCS[C@H]1c1cccc(Cl)c1Cl. The number of rotatable bonds is 2. The third-order valence-electron chi connectivity index (χ3n) is 2.92. The summed E-state index contributed by atoms with van der Waals surface area (Å²) in [6.07, 6.45) is 0. The van der Waals surface area contributed by atoms with Gasteiger partial charge in [-0.2, -0.15) is 0 Å². The maximum atomic E-state index is 12.2. The van der Waals surface area contributed by atoms with Gasteiger partial charge in [-0.15, -0.1) is 11.8 Å². The smallest absolute Gasteiger partial charge is 0.226 e. The van der Waals surface area contributed by atoms with Gasteiger partial charge in [0, 0.05) is 23.8 Å². The highest BCUT2D eigenvalue weighted by Gasteiger charge is 2.33. The number of hydrogen-bond donors (Lipinski definition) is 0. The summed E-state index contributed by atoms with van der Waals surface area (Å²) in [5, 5.41) is 1.09. The van der Waals surface area contributed by atoms with Crippen LogP contribution in [0.4, 0.5) is 0 Å². The van der Waals surface area contributed by atoms with Gasteiger partial charge in [-0.1, -0.05) is 49.2 Å². The Morgan fingerprint density at radius 2 is 2.17 bits per heavy atom. The van der Waals surface area contributed by atoms with Crippen LogP contribution in [0, 0.1) is 5.92 Å². The molecule has 1 aliphatic heterocycles. The zero-order valence-corrected chi connectivity index (χ0v) is 12.6. The number of amides is 1. The Bertz CT molecular complexity index is 464. The van der Waals surface area contributed by atoms with Crippen LogP contribution in [0.2, 0.25) is 10.0 Å². The summed E-state index contributed by atoms with van der Waals surface area (Å²) in [4.78, 5) is 14.1. The lowest BCUT2D eigenvalue weighted by molar-refractivity contribution is -0.134. The summed E-state index contributed by atoms with van der Waals surface area (Å²) in [6.45, 7) is 4.61. The van der Waals surface area contributed by atoms with Gasteiger partial charge in [-0.3, -0.25) is 4.79 Å². The molecular formula is C13H15Cl2NOS. The molecule has 2 rings (SSSR count). The first kappa shape index (κ1) is 14.0. The van der Waals surface area contributed by atoms with Crippen LogP contribution >= 0.6 is 35.0 Å². The molecule has 1 amide bonds. The summed E-state index contributed by atoms with van der Waals surface area (Å²) in [5.74, 6) is 1.11. The first-order chi connectivity index (χ1) is 8.52. The molecule has 1 aromatic carbocycles. The second kappa shape index (κ2) is 5.72. The average Bonchev–Trinajstić information content (AvgIpc) is 2.80. The van der Waals surface area contributed by atoms with Gasteiger partial charge in [0.05, 0.1) is 10.0 Å². The van der Waals surface area contributed by atoms with E-state index in [2.05, 4.69) is 0 Å². The number of carbonyl (C=O) groups excluding carboxylic acids is 1. The number of benzene rings is 1. The van der Waals surface area contributed by atoms with E-state index in [9.17, 15) is 4.79 Å². The van der Waals surface area contributed by atoms with Crippen molar-refractivity contribution < 1.29 is 4.79 Å². The molecule has 0 aliphatic carbocycles. The first-order valence-electron chi connectivity index (χ1n) is 5.88. The molecule has 0 unspecified atom stereocenters. The van der Waals surface area contributed by atoms with Crippen LogP contribution in [-0.4, -0.2) is 23.1 Å². The van der Waals surface area contributed by atoms with E-state index in [-0.39, 0.29) is 17.2 Å². The number of thioether (sulfide) groups is 1. The predicted molar refractivity (Wildman–Crippen MR) is 78.2 cm³/mol. The van der Waals surface area contributed by atoms with Crippen molar-refractivity contribution >= 4 is 40.9 Å². The van der Waals surface area contributed by atoms with E-state index < -0.39 is 0 Å². The van der Waals surface area contributed by atoms with Crippen molar-refractivity contribution in [1.29, 1.82) is 0 Å². The maximum Gasteiger partial charge on any atom is 0.226 e. The number of nitrogens with zero attached hydrogens (tertiary/aromatic N) is 1. The van der Waals surface area contributed by atoms with E-state index >= 15 is 0 Å². The standard InChI is InChI=1S/C13H15Cl2NOS/c1-8(2)12(17)16-6-7-18-13(16)9-4-3-5-10(14)11(9)15/h3-5,8,13H,6-7H2,1-2H3/t13-/m0/s1. The minimum atomic E-state index is -0.00824. The largest absolute Gasteiger partial charge is 0.325 e. The fourth-order valence-electron chi connectivity index (χ4n) is 2.00. The van der Waals surface area contributed by atoms with Crippen molar-refractivity contribution in [2.75, 3.05) is 12.3 Å². The molecule has 1 fully saturated rings. The molecule has 98 valence electrons. The zero-order chi connectivity index (χ0) is 13.3. The fraction of sp³-hybridized carbons (Fsp3) is 0.462. The highest BCUT2D eigenvalue weighted by molar-refractivity contribution is 7.99. The fourth-order valence-corrected chi connectivity index (χ4v) is 3.76. The molecule has 1 heterocycles. The molecule has 5 heteroatoms. The van der Waals surface area contributed by atoms with Gasteiger partial charge in [-0.05, 0) is 6.07 Å². The Kier molecular flexibility index (Phi) is 4.46. The Hall–Kier alpha value is -0.380. The number of halogens is 2. The van der Waals surface area contributed by atoms with Gasteiger partial charge in [0.25, 0.3) is 0 Å². The highest BCUT2D eigenvalue weighted by Crippen LogP contribution is 2.43. The summed E-state index contributed by atoms with van der Waals surface area (Å²) < 4.78 is 0. The van der Waals surface area contributed by atoms with Crippen molar-refractivity contribution in [3.8, 4) is 0 Å². The molecule has 1 atom stereocenters. The minimum absolute atomic E-state index is 0.00385. The monoisotopic (exact) mass is 303 g/mol. The second-order valence-corrected chi connectivity index (χ2v) is 6.53. The van der Waals surface area contributed by atoms with Crippen molar-refractivity contribution in [1.82, 2.24) is 4.90 Å². The summed E-state index contributed by atoms with van der Waals surface area (Å²) >= 11 is 14.0. The van der Waals surface area contributed by atoms with Crippen LogP contribution in [0.5, 0.6) is 0 Å². The molecule has 0 saturated carbocycles. The molecule has 0 N–H and O–H groups in total. The third kappa shape index (κ3) is 2.63. The van der Waals surface area contributed by atoms with Gasteiger partial charge >= 0.3 is 0 Å². The van der Waals surface area contributed by atoms with E-state index in [4.69, 9.17) is 23.2 Å². The van der Waals surface area contributed by atoms with Gasteiger partial charge in [-0.25, -0.2) is 0 Å². The second-order valence-electron chi connectivity index (χ2n) is 4.55. The lowest BCUT2D eigenvalue weighted by Crippen LogP contribution is -2.33. The van der Waals surface area contributed by atoms with Gasteiger partial charge in [0.15, 0.2) is 0 Å². The third-order valence-corrected chi connectivity index (χ3v) is 4.99. The Morgan fingerprint density at radius 3 is 2.83 bits per heavy atom. The van der Waals surface area contributed by atoms with Crippen LogP contribution in [0.1, 0.15) is 24.8 Å². The van der Waals surface area contributed by atoms with Crippen molar-refractivity contribution in [3.63, 3.8) is 0 Å². The van der Waals surface area contributed by atoms with Gasteiger partial charge in [0.2, 0.25) is 5.91 Å². The van der Waals surface area contributed by atoms with E-state index in [1.165, 1.54) is 0 Å². The molecule has 1 saturated heterocycles. The van der Waals surface area contributed by atoms with Crippen LogP contribution in [0.15, 0.2) is 18.2 Å². The lowest BCUT2D eigenvalue weighted by atomic mass is 10.1. The van der Waals surface area contributed by atoms with Crippen molar-refractivity contribution in [2.24, 2.45) is 5.92 Å². The summed E-state index contributed by atoms with van der Waals surface area (Å²) in [7, 11) is 0. The van der Waals surface area contributed by atoms with E-state index in [1.54, 1.807) is 17.8 Å². The quantitative estimate of drug-likeness (QED) is 0.815. The van der Waals surface area contributed by atoms with E-state index in [0.717, 1.165) is 17.9 Å². The maximum absolute atomic E-state index is 12.2. The topological polar surface area (TPSA) is 20.3 Å². The molecule has 0 aromatic heterocycles. The van der Waals surface area contributed by atoms with Crippen LogP contribution in [-0.2, 0) is 4.79 Å². The molecular weight excluding hydrogens is 289 g/mol. The molecule has 0 radical (unpaired) electrons. The Balaban J connectivity index is 2.32. The Labute approximate surface area is 122 Å². The van der Waals surface area contributed by atoms with E-state index in [0.29, 0.717) is 10.0 Å². The molecule has 1 aromatic rings. The first-order valence-corrected chi connectivity index (χ1v) is 7.69. The molecule has 2 nitrogen and oxygen atoms in total. The highest BCUT2D eigenvalue weighted by atomic mass is 35.5. The summed E-state index contributed by atoms with van der Waals surface area (Å²) in [6, 6.07) is 5.58. The molecule has 18 heavy (non-hydrogen) atoms. The minimum Gasteiger partial charge on any atom is -0.325 e. The van der Waals surface area contributed by atoms with Crippen LogP contribution in [0.25, 0.3) is 0 Å².